The summed E-state index contributed by atoms with van der Waals surface area (Å²) in [6.45, 7) is 0. The third-order valence-corrected chi connectivity index (χ3v) is 6.37. The second-order valence-electron chi connectivity index (χ2n) is 7.43. The standard InChI is InChI=1S/C27H20Br2N2O3/c1-34-27(33)25(31-26(32)23-7-2-3-16-30-23)24-21(17-8-12-19(28)13-9-17)5-4-6-22(24)18-10-14-20(29)15-11-18/h2-16,25H,1H3,(H,31,32). The second-order valence-corrected chi connectivity index (χ2v) is 9.26. The molecule has 0 radical (unpaired) electrons. The van der Waals surface area contributed by atoms with Crippen molar-refractivity contribution in [2.24, 2.45) is 0 Å². The summed E-state index contributed by atoms with van der Waals surface area (Å²) in [5.41, 5.74) is 4.27. The summed E-state index contributed by atoms with van der Waals surface area (Å²) in [6, 6.07) is 25.4. The van der Waals surface area contributed by atoms with Crippen LogP contribution in [0.5, 0.6) is 0 Å². The summed E-state index contributed by atoms with van der Waals surface area (Å²) in [5, 5.41) is 2.85. The molecule has 1 amide bonds. The van der Waals surface area contributed by atoms with Crippen LogP contribution in [0.15, 0.2) is 100 Å². The minimum absolute atomic E-state index is 0.211. The molecule has 1 heterocycles. The van der Waals surface area contributed by atoms with Crippen molar-refractivity contribution < 1.29 is 14.3 Å². The first kappa shape index (κ1) is 23.9. The molecule has 0 fully saturated rings. The van der Waals surface area contributed by atoms with Crippen LogP contribution in [0.1, 0.15) is 22.1 Å². The quantitative estimate of drug-likeness (QED) is 0.262. The van der Waals surface area contributed by atoms with E-state index in [-0.39, 0.29) is 5.69 Å². The summed E-state index contributed by atoms with van der Waals surface area (Å²) in [5.74, 6) is -1.05. The maximum absolute atomic E-state index is 13.1. The normalized spacial score (nSPS) is 11.5. The average Bonchev–Trinajstić information content (AvgIpc) is 2.88. The van der Waals surface area contributed by atoms with Crippen LogP contribution in [-0.2, 0) is 9.53 Å². The molecule has 4 rings (SSSR count). The first-order valence-corrected chi connectivity index (χ1v) is 12.0. The van der Waals surface area contributed by atoms with Crippen molar-refractivity contribution in [3.8, 4) is 22.3 Å². The molecule has 1 atom stereocenters. The Morgan fingerprint density at radius 3 is 1.82 bits per heavy atom. The Hall–Kier alpha value is -3.29. The molecule has 1 aromatic heterocycles. The molecule has 170 valence electrons. The number of pyridine rings is 1. The number of halogens is 2. The van der Waals surface area contributed by atoms with Gasteiger partial charge in [0.25, 0.3) is 5.91 Å². The Kier molecular flexibility index (Phi) is 7.55. The molecule has 7 heteroatoms. The van der Waals surface area contributed by atoms with Crippen molar-refractivity contribution in [1.29, 1.82) is 0 Å². The van der Waals surface area contributed by atoms with E-state index in [1.165, 1.54) is 13.3 Å². The van der Waals surface area contributed by atoms with Crippen LogP contribution in [0.4, 0.5) is 0 Å². The van der Waals surface area contributed by atoms with Gasteiger partial charge in [-0.25, -0.2) is 4.79 Å². The van der Waals surface area contributed by atoms with E-state index in [1.54, 1.807) is 18.2 Å². The summed E-state index contributed by atoms with van der Waals surface area (Å²) in [7, 11) is 1.31. The molecular weight excluding hydrogens is 560 g/mol. The fraction of sp³-hybridized carbons (Fsp3) is 0.0741. The van der Waals surface area contributed by atoms with Crippen LogP contribution in [-0.4, -0.2) is 24.0 Å². The van der Waals surface area contributed by atoms with Crippen molar-refractivity contribution >= 4 is 43.7 Å². The third kappa shape index (κ3) is 5.26. The fourth-order valence-corrected chi connectivity index (χ4v) is 4.24. The highest BCUT2D eigenvalue weighted by atomic mass is 79.9. The Morgan fingerprint density at radius 2 is 1.35 bits per heavy atom. The number of nitrogens with zero attached hydrogens (tertiary/aromatic N) is 1. The average molecular weight is 580 g/mol. The fourth-order valence-electron chi connectivity index (χ4n) is 3.71. The highest BCUT2D eigenvalue weighted by Crippen LogP contribution is 2.38. The number of carbonyl (C=O) groups is 2. The number of hydrogen-bond donors (Lipinski definition) is 1. The van der Waals surface area contributed by atoms with Gasteiger partial charge in [0.15, 0.2) is 6.04 Å². The first-order valence-electron chi connectivity index (χ1n) is 10.4. The van der Waals surface area contributed by atoms with Gasteiger partial charge < -0.3 is 10.1 Å². The topological polar surface area (TPSA) is 68.3 Å². The molecule has 0 aliphatic carbocycles. The molecule has 0 saturated carbocycles. The molecule has 0 saturated heterocycles. The lowest BCUT2D eigenvalue weighted by Crippen LogP contribution is -2.35. The number of amides is 1. The van der Waals surface area contributed by atoms with Gasteiger partial charge in [0.2, 0.25) is 0 Å². The largest absolute Gasteiger partial charge is 0.467 e. The molecular formula is C27H20Br2N2O3. The zero-order valence-corrected chi connectivity index (χ0v) is 21.3. The number of hydrogen-bond acceptors (Lipinski definition) is 4. The second kappa shape index (κ2) is 10.8. The maximum atomic E-state index is 13.1. The van der Waals surface area contributed by atoms with E-state index in [0.29, 0.717) is 5.56 Å². The van der Waals surface area contributed by atoms with Gasteiger partial charge in [0.1, 0.15) is 5.69 Å². The lowest BCUT2D eigenvalue weighted by Gasteiger charge is -2.23. The molecule has 5 nitrogen and oxygen atoms in total. The molecule has 1 N–H and O–H groups in total. The van der Waals surface area contributed by atoms with E-state index in [1.807, 2.05) is 66.7 Å². The van der Waals surface area contributed by atoms with Crippen LogP contribution in [0.3, 0.4) is 0 Å². The van der Waals surface area contributed by atoms with Gasteiger partial charge in [-0.15, -0.1) is 0 Å². The van der Waals surface area contributed by atoms with Gasteiger partial charge in [-0.2, -0.15) is 0 Å². The van der Waals surface area contributed by atoms with Crippen molar-refractivity contribution in [3.05, 3.63) is 111 Å². The van der Waals surface area contributed by atoms with Crippen LogP contribution in [0.25, 0.3) is 22.3 Å². The highest BCUT2D eigenvalue weighted by Gasteiger charge is 2.30. The summed E-state index contributed by atoms with van der Waals surface area (Å²) >= 11 is 6.95. The van der Waals surface area contributed by atoms with Crippen LogP contribution in [0, 0.1) is 0 Å². The lowest BCUT2D eigenvalue weighted by molar-refractivity contribution is -0.143. The number of carbonyl (C=O) groups excluding carboxylic acids is 2. The van der Waals surface area contributed by atoms with E-state index in [2.05, 4.69) is 42.2 Å². The van der Waals surface area contributed by atoms with Gasteiger partial charge >= 0.3 is 5.97 Å². The highest BCUT2D eigenvalue weighted by molar-refractivity contribution is 9.10. The van der Waals surface area contributed by atoms with Crippen molar-refractivity contribution in [2.45, 2.75) is 6.04 Å². The predicted molar refractivity (Wildman–Crippen MR) is 139 cm³/mol. The number of nitrogens with one attached hydrogen (secondary N) is 1. The molecule has 1 unspecified atom stereocenters. The Bertz CT molecular complexity index is 1240. The van der Waals surface area contributed by atoms with Crippen LogP contribution >= 0.6 is 31.9 Å². The molecule has 0 bridgehead atoms. The summed E-state index contributed by atoms with van der Waals surface area (Å²) in [6.07, 6.45) is 1.53. The number of aromatic nitrogens is 1. The van der Waals surface area contributed by atoms with Gasteiger partial charge in [0.05, 0.1) is 7.11 Å². The van der Waals surface area contributed by atoms with E-state index in [4.69, 9.17) is 4.74 Å². The van der Waals surface area contributed by atoms with Crippen molar-refractivity contribution in [2.75, 3.05) is 7.11 Å². The maximum Gasteiger partial charge on any atom is 0.333 e. The number of ether oxygens (including phenoxy) is 1. The Balaban J connectivity index is 1.91. The number of benzene rings is 3. The Morgan fingerprint density at radius 1 is 0.794 bits per heavy atom. The molecule has 3 aromatic carbocycles. The third-order valence-electron chi connectivity index (χ3n) is 5.32. The van der Waals surface area contributed by atoms with Crippen molar-refractivity contribution in [1.82, 2.24) is 10.3 Å². The zero-order valence-electron chi connectivity index (χ0n) is 18.2. The smallest absolute Gasteiger partial charge is 0.333 e. The minimum atomic E-state index is -1.06. The van der Waals surface area contributed by atoms with E-state index < -0.39 is 17.9 Å². The van der Waals surface area contributed by atoms with Gasteiger partial charge in [-0.05, 0) is 58.7 Å². The van der Waals surface area contributed by atoms with Crippen LogP contribution < -0.4 is 5.32 Å². The molecule has 4 aromatic rings. The SMILES string of the molecule is COC(=O)C(NC(=O)c1ccccn1)c1c(-c2ccc(Br)cc2)cccc1-c1ccc(Br)cc1. The number of esters is 1. The monoisotopic (exact) mass is 578 g/mol. The van der Waals surface area contributed by atoms with Gasteiger partial charge in [0, 0.05) is 20.7 Å². The Labute approximate surface area is 214 Å². The van der Waals surface area contributed by atoms with Crippen molar-refractivity contribution in [3.63, 3.8) is 0 Å². The summed E-state index contributed by atoms with van der Waals surface area (Å²) in [4.78, 5) is 30.2. The zero-order chi connectivity index (χ0) is 24.1. The molecule has 34 heavy (non-hydrogen) atoms. The van der Waals surface area contributed by atoms with Gasteiger partial charge in [-0.3, -0.25) is 9.78 Å². The molecule has 0 aliphatic heterocycles. The predicted octanol–water partition coefficient (Wildman–Crippen LogP) is 6.58. The first-order chi connectivity index (χ1) is 16.5. The lowest BCUT2D eigenvalue weighted by atomic mass is 9.87. The van der Waals surface area contributed by atoms with E-state index >= 15 is 0 Å². The van der Waals surface area contributed by atoms with E-state index in [9.17, 15) is 9.59 Å². The van der Waals surface area contributed by atoms with Crippen LogP contribution in [0.2, 0.25) is 0 Å². The number of methoxy groups -OCH3 is 1. The van der Waals surface area contributed by atoms with Gasteiger partial charge in [-0.1, -0.05) is 80.4 Å². The summed E-state index contributed by atoms with van der Waals surface area (Å²) < 4.78 is 7.01. The molecule has 0 aliphatic rings. The molecule has 0 spiro atoms. The minimum Gasteiger partial charge on any atom is -0.467 e. The number of rotatable bonds is 6. The van der Waals surface area contributed by atoms with E-state index in [0.717, 1.165) is 31.2 Å².